The molecule has 3 aromatic rings. The van der Waals surface area contributed by atoms with Crippen LogP contribution in [0.2, 0.25) is 0 Å². The van der Waals surface area contributed by atoms with Crippen molar-refractivity contribution < 1.29 is 9.53 Å². The molecule has 1 aliphatic carbocycles. The second kappa shape index (κ2) is 14.6. The minimum absolute atomic E-state index is 0.150. The Kier molecular flexibility index (Phi) is 10.4. The minimum atomic E-state index is -0.150. The summed E-state index contributed by atoms with van der Waals surface area (Å²) in [5.74, 6) is 1.38. The van der Waals surface area contributed by atoms with Crippen LogP contribution < -0.4 is 31.0 Å². The lowest BCUT2D eigenvalue weighted by Gasteiger charge is -2.23. The van der Waals surface area contributed by atoms with Gasteiger partial charge in [-0.05, 0) is 86.8 Å². The van der Waals surface area contributed by atoms with Crippen molar-refractivity contribution in [3.05, 3.63) is 120 Å². The number of hydrogen-bond donors (Lipinski definition) is 3. The van der Waals surface area contributed by atoms with Gasteiger partial charge in [0.1, 0.15) is 17.2 Å². The fraction of sp³-hybridized carbons (Fsp3) is 0.212. The third-order valence-electron chi connectivity index (χ3n) is 6.58. The van der Waals surface area contributed by atoms with Crippen LogP contribution in [0.1, 0.15) is 25.3 Å². The standard InChI is InChI=1S/C33H37N7O3/c1-5-35-33(37-26-20-23(2)21-28(22-26)39(4)31(41)12-9-19-36-25-13-14-25)32(24(3)34)40(38-42)27-15-17-30(18-16-27)43-29-10-7-6-8-11-29/h5-12,15-18,20-22,25,36H,1,13-14,19,34H2,2-4H3,(H,35,37)/b12-9+,32-24-. The largest absolute Gasteiger partial charge is 0.457 e. The van der Waals surface area contributed by atoms with E-state index >= 15 is 0 Å². The molecular weight excluding hydrogens is 542 g/mol. The Morgan fingerprint density at radius 3 is 2.40 bits per heavy atom. The van der Waals surface area contributed by atoms with Crippen LogP contribution in [0.15, 0.2) is 119 Å². The third-order valence-corrected chi connectivity index (χ3v) is 6.58. The van der Waals surface area contributed by atoms with Gasteiger partial charge in [-0.15, -0.1) is 4.91 Å². The fourth-order valence-corrected chi connectivity index (χ4v) is 4.28. The molecule has 0 unspecified atom stereocenters. The summed E-state index contributed by atoms with van der Waals surface area (Å²) in [4.78, 5) is 31.0. The number of aliphatic imine (C=N–C) groups is 1. The van der Waals surface area contributed by atoms with Gasteiger partial charge < -0.3 is 26.0 Å². The molecule has 10 nitrogen and oxygen atoms in total. The highest BCUT2D eigenvalue weighted by Crippen LogP contribution is 2.29. The number of ether oxygens (including phenoxy) is 1. The van der Waals surface area contributed by atoms with Gasteiger partial charge in [0.25, 0.3) is 0 Å². The number of allylic oxidation sites excluding steroid dienone is 1. The number of likely N-dealkylation sites (N-methyl/N-ethyl adjacent to an activating group) is 1. The lowest BCUT2D eigenvalue weighted by Crippen LogP contribution is -2.30. The van der Waals surface area contributed by atoms with Crippen molar-refractivity contribution in [2.75, 3.05) is 28.8 Å². The lowest BCUT2D eigenvalue weighted by molar-refractivity contribution is -0.113. The number of carbonyl (C=O) groups is 1. The second-order valence-electron chi connectivity index (χ2n) is 10.2. The van der Waals surface area contributed by atoms with Gasteiger partial charge in [-0.25, -0.2) is 4.99 Å². The molecule has 1 amide bonds. The predicted molar refractivity (Wildman–Crippen MR) is 174 cm³/mol. The van der Waals surface area contributed by atoms with Gasteiger partial charge in [-0.1, -0.05) is 30.9 Å². The Bertz CT molecular complexity index is 1520. The summed E-state index contributed by atoms with van der Waals surface area (Å²) in [6.45, 7) is 7.96. The Balaban J connectivity index is 1.55. The van der Waals surface area contributed by atoms with Crippen molar-refractivity contribution in [3.8, 4) is 11.5 Å². The zero-order valence-electron chi connectivity index (χ0n) is 24.7. The number of nitrogens with two attached hydrogens (primary N) is 1. The van der Waals surface area contributed by atoms with Gasteiger partial charge in [-0.2, -0.15) is 5.01 Å². The molecule has 0 spiro atoms. The number of nitrogens with zero attached hydrogens (tertiary/aromatic N) is 4. The van der Waals surface area contributed by atoms with E-state index < -0.39 is 0 Å². The molecule has 0 heterocycles. The smallest absolute Gasteiger partial charge is 0.250 e. The number of nitrogens with one attached hydrogen (secondary N) is 2. The van der Waals surface area contributed by atoms with Gasteiger partial charge >= 0.3 is 0 Å². The molecule has 4 rings (SSSR count). The van der Waals surface area contributed by atoms with E-state index in [9.17, 15) is 9.70 Å². The van der Waals surface area contributed by atoms with Crippen LogP contribution in [0.4, 0.5) is 17.1 Å². The molecule has 1 aliphatic rings. The van der Waals surface area contributed by atoms with Crippen LogP contribution in [0.25, 0.3) is 0 Å². The topological polar surface area (TPSA) is 125 Å². The van der Waals surface area contributed by atoms with Crippen molar-refractivity contribution in [2.45, 2.75) is 32.7 Å². The molecule has 1 fully saturated rings. The summed E-state index contributed by atoms with van der Waals surface area (Å²) in [5.41, 5.74) is 9.49. The van der Waals surface area contributed by atoms with Crippen LogP contribution in [0.3, 0.4) is 0 Å². The number of carbonyl (C=O) groups excluding carboxylic acids is 1. The zero-order valence-corrected chi connectivity index (χ0v) is 24.7. The van der Waals surface area contributed by atoms with Crippen molar-refractivity contribution in [2.24, 2.45) is 16.0 Å². The van der Waals surface area contributed by atoms with E-state index in [0.29, 0.717) is 46.8 Å². The summed E-state index contributed by atoms with van der Waals surface area (Å²) < 4.78 is 5.87. The first-order chi connectivity index (χ1) is 20.8. The van der Waals surface area contributed by atoms with E-state index in [1.807, 2.05) is 61.5 Å². The number of nitroso groups, excluding NO2 is 1. The maximum atomic E-state index is 12.8. The quantitative estimate of drug-likeness (QED) is 0.0704. The summed E-state index contributed by atoms with van der Waals surface area (Å²) in [6.07, 6.45) is 7.13. The van der Waals surface area contributed by atoms with Crippen LogP contribution in [-0.2, 0) is 4.79 Å². The SMILES string of the molecule is C=CN=C(Nc1cc(C)cc(N(C)C(=O)/C=C/CNC2CC2)c1)/C(=C(\C)N)N(N=O)c1ccc(Oc2ccccc2)cc1. The first-order valence-electron chi connectivity index (χ1n) is 14.0. The summed E-state index contributed by atoms with van der Waals surface area (Å²) in [7, 11) is 1.72. The van der Waals surface area contributed by atoms with E-state index in [1.54, 1.807) is 49.2 Å². The molecule has 4 N–H and O–H groups in total. The number of hydrogen-bond acceptors (Lipinski definition) is 7. The number of para-hydroxylation sites is 1. The van der Waals surface area contributed by atoms with Gasteiger partial charge in [0.05, 0.1) is 11.0 Å². The Labute approximate surface area is 252 Å². The first-order valence-corrected chi connectivity index (χ1v) is 14.0. The third kappa shape index (κ3) is 8.64. The van der Waals surface area contributed by atoms with Crippen LogP contribution in [-0.4, -0.2) is 31.4 Å². The molecule has 0 bridgehead atoms. The highest BCUT2D eigenvalue weighted by Gasteiger charge is 2.22. The Morgan fingerprint density at radius 2 is 1.77 bits per heavy atom. The number of benzene rings is 3. The molecule has 0 atom stereocenters. The molecule has 3 aromatic carbocycles. The number of rotatable bonds is 13. The second-order valence-corrected chi connectivity index (χ2v) is 10.2. The normalized spacial score (nSPS) is 13.7. The van der Waals surface area contributed by atoms with Crippen molar-refractivity contribution in [1.29, 1.82) is 0 Å². The van der Waals surface area contributed by atoms with E-state index in [2.05, 4.69) is 27.5 Å². The fourth-order valence-electron chi connectivity index (χ4n) is 4.28. The maximum Gasteiger partial charge on any atom is 0.250 e. The molecule has 0 aliphatic heterocycles. The molecule has 0 aromatic heterocycles. The predicted octanol–water partition coefficient (Wildman–Crippen LogP) is 6.39. The number of aryl methyl sites for hydroxylation is 1. The molecule has 10 heteroatoms. The monoisotopic (exact) mass is 579 g/mol. The van der Waals surface area contributed by atoms with Crippen LogP contribution in [0, 0.1) is 11.8 Å². The molecule has 0 radical (unpaired) electrons. The van der Waals surface area contributed by atoms with E-state index in [-0.39, 0.29) is 17.4 Å². The number of amidine groups is 1. The van der Waals surface area contributed by atoms with Crippen molar-refractivity contribution in [1.82, 2.24) is 5.32 Å². The van der Waals surface area contributed by atoms with Gasteiger partial charge in [0.15, 0.2) is 5.84 Å². The molecule has 43 heavy (non-hydrogen) atoms. The Morgan fingerprint density at radius 1 is 1.07 bits per heavy atom. The summed E-state index contributed by atoms with van der Waals surface area (Å²) >= 11 is 0. The van der Waals surface area contributed by atoms with E-state index in [4.69, 9.17) is 10.5 Å². The average Bonchev–Trinajstić information content (AvgIpc) is 3.82. The molecular formula is C33H37N7O3. The lowest BCUT2D eigenvalue weighted by atomic mass is 10.1. The van der Waals surface area contributed by atoms with Crippen molar-refractivity contribution >= 4 is 28.8 Å². The highest BCUT2D eigenvalue weighted by molar-refractivity contribution is 6.11. The maximum absolute atomic E-state index is 12.8. The highest BCUT2D eigenvalue weighted by atomic mass is 16.5. The number of anilines is 3. The minimum Gasteiger partial charge on any atom is -0.457 e. The van der Waals surface area contributed by atoms with Crippen LogP contribution >= 0.6 is 0 Å². The first kappa shape index (κ1) is 30.7. The molecule has 0 saturated heterocycles. The van der Waals surface area contributed by atoms with E-state index in [0.717, 1.165) is 10.6 Å². The van der Waals surface area contributed by atoms with E-state index in [1.165, 1.54) is 19.0 Å². The van der Waals surface area contributed by atoms with Gasteiger partial charge in [-0.3, -0.25) is 4.79 Å². The van der Waals surface area contributed by atoms with Crippen molar-refractivity contribution in [3.63, 3.8) is 0 Å². The van der Waals surface area contributed by atoms with Crippen LogP contribution in [0.5, 0.6) is 11.5 Å². The van der Waals surface area contributed by atoms with Gasteiger partial charge in [0.2, 0.25) is 5.91 Å². The number of amides is 1. The molecule has 222 valence electrons. The zero-order chi connectivity index (χ0) is 30.8. The summed E-state index contributed by atoms with van der Waals surface area (Å²) in [5, 5.41) is 11.0. The average molecular weight is 580 g/mol. The Hall–Kier alpha value is -5.22. The van der Waals surface area contributed by atoms with Gasteiger partial charge in [0, 0.05) is 49.0 Å². The molecule has 1 saturated carbocycles. The summed E-state index contributed by atoms with van der Waals surface area (Å²) in [6, 6.07) is 22.4.